The molecule has 0 saturated carbocycles. The van der Waals surface area contributed by atoms with E-state index in [0.717, 1.165) is 31.0 Å². The summed E-state index contributed by atoms with van der Waals surface area (Å²) in [5.74, 6) is 1.38. The van der Waals surface area contributed by atoms with Crippen molar-refractivity contribution in [3.63, 3.8) is 0 Å². The molecule has 206 valence electrons. The highest BCUT2D eigenvalue weighted by Crippen LogP contribution is 2.18. The summed E-state index contributed by atoms with van der Waals surface area (Å²) in [6.07, 6.45) is 21.1. The van der Waals surface area contributed by atoms with Crippen LogP contribution in [0.2, 0.25) is 0 Å². The Labute approximate surface area is 226 Å². The van der Waals surface area contributed by atoms with Crippen molar-refractivity contribution in [2.75, 3.05) is 13.2 Å². The Hall–Kier alpha value is -2.56. The highest BCUT2D eigenvalue weighted by Gasteiger charge is 2.10. The van der Waals surface area contributed by atoms with E-state index in [1.54, 1.807) is 0 Å². The van der Waals surface area contributed by atoms with Crippen LogP contribution in [0.25, 0.3) is 0 Å². The Morgan fingerprint density at radius 2 is 1.24 bits per heavy atom. The Morgan fingerprint density at radius 3 is 1.81 bits per heavy atom. The number of benzene rings is 1. The van der Waals surface area contributed by atoms with Gasteiger partial charge in [0, 0.05) is 12.1 Å². The third kappa shape index (κ3) is 14.7. The molecule has 2 aromatic rings. The summed E-state index contributed by atoms with van der Waals surface area (Å²) in [4.78, 5) is 12.2. The van der Waals surface area contributed by atoms with Gasteiger partial charge in [-0.15, -0.1) is 0 Å². The quantitative estimate of drug-likeness (QED) is 0.131. The van der Waals surface area contributed by atoms with Gasteiger partial charge >= 0.3 is 0 Å². The average Bonchev–Trinajstić information content (AvgIpc) is 2.93. The average molecular weight is 512 g/mol. The second-order valence-electron chi connectivity index (χ2n) is 9.96. The van der Waals surface area contributed by atoms with Crippen LogP contribution < -0.4 is 19.4 Å². The number of unbranched alkanes of at least 4 members (excludes halogenated alkanes) is 13. The number of ether oxygens (including phenoxy) is 2. The van der Waals surface area contributed by atoms with E-state index in [-0.39, 0.29) is 12.5 Å². The Balaban J connectivity index is 1.44. The molecule has 0 saturated heterocycles. The molecule has 0 bridgehead atoms. The van der Waals surface area contributed by atoms with E-state index < -0.39 is 0 Å². The minimum Gasteiger partial charge on any atom is -0.494 e. The smallest absolute Gasteiger partial charge is 0.258 e. The van der Waals surface area contributed by atoms with E-state index in [4.69, 9.17) is 9.47 Å². The number of carbonyl (C=O) groups is 1. The number of nitrogens with one attached hydrogen (secondary N) is 1. The van der Waals surface area contributed by atoms with Crippen molar-refractivity contribution in [2.24, 2.45) is 0 Å². The molecule has 1 amide bonds. The molecule has 0 atom stereocenters. The molecular weight excluding hydrogens is 460 g/mol. The van der Waals surface area contributed by atoms with Crippen LogP contribution >= 0.6 is 0 Å². The zero-order valence-electron chi connectivity index (χ0n) is 23.5. The first kappa shape index (κ1) is 30.7. The maximum atomic E-state index is 12.2. The first-order chi connectivity index (χ1) is 18.2. The summed E-state index contributed by atoms with van der Waals surface area (Å²) in [7, 11) is 0. The molecular formula is C32H51N2O3+. The molecule has 0 radical (unpaired) electrons. The maximum absolute atomic E-state index is 12.2. The third-order valence-electron chi connectivity index (χ3n) is 6.80. The predicted molar refractivity (Wildman–Crippen MR) is 152 cm³/mol. The van der Waals surface area contributed by atoms with Crippen LogP contribution in [0.4, 0.5) is 0 Å². The largest absolute Gasteiger partial charge is 0.494 e. The normalized spacial score (nSPS) is 10.9. The number of carbonyl (C=O) groups excluding carboxylic acids is 1. The lowest BCUT2D eigenvalue weighted by Gasteiger charge is -2.09. The Morgan fingerprint density at radius 1 is 0.703 bits per heavy atom. The fourth-order valence-corrected chi connectivity index (χ4v) is 4.49. The van der Waals surface area contributed by atoms with E-state index in [1.807, 2.05) is 48.7 Å². The Bertz CT molecular complexity index is 838. The lowest BCUT2D eigenvalue weighted by atomic mass is 10.0. The van der Waals surface area contributed by atoms with Crippen LogP contribution in [0.3, 0.4) is 0 Å². The lowest BCUT2D eigenvalue weighted by Crippen LogP contribution is -2.40. The number of nitrogens with zero attached hydrogens (tertiary/aromatic N) is 1. The molecule has 0 aliphatic rings. The number of aromatic nitrogens is 1. The summed E-state index contributed by atoms with van der Waals surface area (Å²) in [6.45, 7) is 6.47. The standard InChI is InChI=1S/C32H50N2O3/c1-3-5-6-7-8-9-10-11-12-13-14-15-16-19-26-36-30-21-23-31(24-22-30)37-28-32(35)33-27-29-20-17-18-25-34(29)4-2/h17-18,20-25H,3-16,19,26-28H2,1-2H3/p+1. The van der Waals surface area contributed by atoms with Gasteiger partial charge in [-0.05, 0) is 37.6 Å². The summed E-state index contributed by atoms with van der Waals surface area (Å²) in [5.41, 5.74) is 1.07. The number of rotatable bonds is 22. The zero-order chi connectivity index (χ0) is 26.4. The van der Waals surface area contributed by atoms with Gasteiger partial charge in [-0.1, -0.05) is 96.5 Å². The van der Waals surface area contributed by atoms with Crippen LogP contribution in [0.15, 0.2) is 48.7 Å². The molecule has 1 aromatic heterocycles. The van der Waals surface area contributed by atoms with Crippen molar-refractivity contribution in [1.29, 1.82) is 0 Å². The van der Waals surface area contributed by atoms with Gasteiger partial charge in [0.05, 0.1) is 6.61 Å². The van der Waals surface area contributed by atoms with Crippen molar-refractivity contribution in [2.45, 2.75) is 117 Å². The molecule has 0 aliphatic carbocycles. The van der Waals surface area contributed by atoms with Crippen LogP contribution in [0, 0.1) is 0 Å². The molecule has 1 heterocycles. The van der Waals surface area contributed by atoms with Crippen molar-refractivity contribution < 1.29 is 18.8 Å². The number of hydrogen-bond acceptors (Lipinski definition) is 3. The van der Waals surface area contributed by atoms with Crippen LogP contribution in [-0.2, 0) is 17.9 Å². The minimum atomic E-state index is -0.135. The van der Waals surface area contributed by atoms with Gasteiger partial charge in [-0.3, -0.25) is 4.79 Å². The summed E-state index contributed by atoms with van der Waals surface area (Å²) >= 11 is 0. The summed E-state index contributed by atoms with van der Waals surface area (Å²) in [5, 5.41) is 2.92. The minimum absolute atomic E-state index is 0.00178. The topological polar surface area (TPSA) is 51.4 Å². The maximum Gasteiger partial charge on any atom is 0.258 e. The van der Waals surface area contributed by atoms with Crippen molar-refractivity contribution in [3.05, 3.63) is 54.4 Å². The van der Waals surface area contributed by atoms with Crippen LogP contribution in [-0.4, -0.2) is 19.1 Å². The van der Waals surface area contributed by atoms with Gasteiger partial charge in [0.15, 0.2) is 12.8 Å². The van der Waals surface area contributed by atoms with Crippen molar-refractivity contribution >= 4 is 5.91 Å². The van der Waals surface area contributed by atoms with E-state index in [1.165, 1.54) is 83.5 Å². The molecule has 2 rings (SSSR count). The SMILES string of the molecule is CCCCCCCCCCCCCCCCOc1ccc(OCC(=O)NCc2cccc[n+]2CC)cc1. The fourth-order valence-electron chi connectivity index (χ4n) is 4.49. The molecule has 0 fully saturated rings. The van der Waals surface area contributed by atoms with E-state index in [9.17, 15) is 4.79 Å². The predicted octanol–water partition coefficient (Wildman–Crippen LogP) is 7.55. The van der Waals surface area contributed by atoms with Crippen LogP contribution in [0.5, 0.6) is 11.5 Å². The summed E-state index contributed by atoms with van der Waals surface area (Å²) in [6, 6.07) is 13.5. The molecule has 0 aliphatic heterocycles. The molecule has 0 spiro atoms. The molecule has 1 aromatic carbocycles. The number of pyridine rings is 1. The second-order valence-corrected chi connectivity index (χ2v) is 9.96. The number of amides is 1. The van der Waals surface area contributed by atoms with Crippen molar-refractivity contribution in [1.82, 2.24) is 5.32 Å². The van der Waals surface area contributed by atoms with Gasteiger partial charge in [0.25, 0.3) is 5.91 Å². The van der Waals surface area contributed by atoms with Gasteiger partial charge in [0.2, 0.25) is 5.69 Å². The third-order valence-corrected chi connectivity index (χ3v) is 6.80. The zero-order valence-corrected chi connectivity index (χ0v) is 23.5. The van der Waals surface area contributed by atoms with Crippen molar-refractivity contribution in [3.8, 4) is 11.5 Å². The highest BCUT2D eigenvalue weighted by molar-refractivity contribution is 5.77. The van der Waals surface area contributed by atoms with Gasteiger partial charge in [-0.25, -0.2) is 4.57 Å². The fraction of sp³-hybridized carbons (Fsp3) is 0.625. The number of aryl methyl sites for hydroxylation is 1. The first-order valence-electron chi connectivity index (χ1n) is 14.8. The highest BCUT2D eigenvalue weighted by atomic mass is 16.5. The van der Waals surface area contributed by atoms with Gasteiger partial charge in [-0.2, -0.15) is 0 Å². The van der Waals surface area contributed by atoms with Gasteiger partial charge < -0.3 is 14.8 Å². The first-order valence-corrected chi connectivity index (χ1v) is 14.8. The molecule has 0 unspecified atom stereocenters. The molecule has 1 N–H and O–H groups in total. The second kappa shape index (κ2) is 20.5. The monoisotopic (exact) mass is 511 g/mol. The Kier molecular flexibility index (Phi) is 17.0. The van der Waals surface area contributed by atoms with E-state index in [2.05, 4.69) is 23.7 Å². The van der Waals surface area contributed by atoms with E-state index in [0.29, 0.717) is 12.3 Å². The van der Waals surface area contributed by atoms with Crippen LogP contribution in [0.1, 0.15) is 109 Å². The number of hydrogen-bond donors (Lipinski definition) is 1. The molecule has 5 heteroatoms. The molecule has 5 nitrogen and oxygen atoms in total. The lowest BCUT2D eigenvalue weighted by molar-refractivity contribution is -0.701. The summed E-state index contributed by atoms with van der Waals surface area (Å²) < 4.78 is 13.6. The van der Waals surface area contributed by atoms with E-state index >= 15 is 0 Å². The van der Waals surface area contributed by atoms with Gasteiger partial charge in [0.1, 0.15) is 24.6 Å². The molecule has 37 heavy (non-hydrogen) atoms.